The smallest absolute Gasteiger partial charge is 0.261 e. The summed E-state index contributed by atoms with van der Waals surface area (Å²) in [4.78, 5) is 21.1. The van der Waals surface area contributed by atoms with Gasteiger partial charge in [0.05, 0.1) is 25.0 Å². The van der Waals surface area contributed by atoms with Crippen molar-refractivity contribution in [2.45, 2.75) is 40.0 Å². The number of rotatable bonds is 7. The lowest BCUT2D eigenvalue weighted by atomic mass is 10.0. The lowest BCUT2D eigenvalue weighted by Gasteiger charge is -2.33. The van der Waals surface area contributed by atoms with Crippen molar-refractivity contribution in [2.24, 2.45) is 0 Å². The number of nitrogens with one attached hydrogen (secondary N) is 1. The monoisotopic (exact) mass is 443 g/mol. The van der Waals surface area contributed by atoms with Crippen molar-refractivity contribution in [3.8, 4) is 0 Å². The molecule has 8 nitrogen and oxygen atoms in total. The second-order valence-corrected chi connectivity index (χ2v) is 8.74. The molecule has 3 aromatic heterocycles. The molecular weight excluding hydrogens is 414 g/mol. The number of aryl methyl sites for hydroxylation is 2. The summed E-state index contributed by atoms with van der Waals surface area (Å²) < 4.78 is 8.21. The van der Waals surface area contributed by atoms with Crippen LogP contribution in [0.3, 0.4) is 0 Å². The number of amides is 1. The van der Waals surface area contributed by atoms with Crippen molar-refractivity contribution in [1.29, 1.82) is 0 Å². The molecule has 0 aromatic carbocycles. The van der Waals surface area contributed by atoms with Crippen LogP contribution in [-0.4, -0.2) is 63.5 Å². The largest absolute Gasteiger partial charge is 0.395 e. The Morgan fingerprint density at radius 2 is 2.26 bits per heavy atom. The van der Waals surface area contributed by atoms with Crippen LogP contribution < -0.4 is 5.32 Å². The maximum Gasteiger partial charge on any atom is 0.261 e. The molecule has 1 atom stereocenters. The number of ether oxygens (including phenoxy) is 1. The molecule has 0 bridgehead atoms. The molecule has 0 aliphatic carbocycles. The van der Waals surface area contributed by atoms with Gasteiger partial charge in [0.15, 0.2) is 0 Å². The molecule has 0 spiro atoms. The third-order valence-corrected chi connectivity index (χ3v) is 6.92. The molecule has 1 aliphatic rings. The van der Waals surface area contributed by atoms with Crippen LogP contribution in [0.2, 0.25) is 0 Å². The molecule has 4 heterocycles. The van der Waals surface area contributed by atoms with Gasteiger partial charge >= 0.3 is 0 Å². The number of fused-ring (bicyclic) bond motifs is 1. The number of morpholine rings is 1. The Kier molecular flexibility index (Phi) is 6.66. The van der Waals surface area contributed by atoms with Gasteiger partial charge in [-0.1, -0.05) is 6.07 Å². The quantitative estimate of drug-likeness (QED) is 0.583. The van der Waals surface area contributed by atoms with Crippen LogP contribution >= 0.6 is 11.3 Å². The van der Waals surface area contributed by atoms with E-state index in [1.807, 2.05) is 16.8 Å². The van der Waals surface area contributed by atoms with Gasteiger partial charge < -0.3 is 15.2 Å². The highest BCUT2D eigenvalue weighted by Gasteiger charge is 2.30. The number of aromatic nitrogens is 3. The Balaban J connectivity index is 1.62. The molecule has 0 unspecified atom stereocenters. The summed E-state index contributed by atoms with van der Waals surface area (Å²) in [5, 5.41) is 17.5. The van der Waals surface area contributed by atoms with E-state index in [4.69, 9.17) is 9.84 Å². The second-order valence-electron chi connectivity index (χ2n) is 7.74. The van der Waals surface area contributed by atoms with Gasteiger partial charge in [-0.25, -0.2) is 4.98 Å². The average Bonchev–Trinajstić information content (AvgIpc) is 3.30. The highest BCUT2D eigenvalue weighted by Crippen LogP contribution is 2.37. The molecule has 2 N–H and O–H groups in total. The summed E-state index contributed by atoms with van der Waals surface area (Å²) in [7, 11) is 0. The first-order valence-electron chi connectivity index (χ1n) is 10.7. The third kappa shape index (κ3) is 4.36. The summed E-state index contributed by atoms with van der Waals surface area (Å²) >= 11 is 1.38. The van der Waals surface area contributed by atoms with Gasteiger partial charge in [0.25, 0.3) is 5.91 Å². The molecule has 1 aliphatic heterocycles. The number of hydrogen-bond donors (Lipinski definition) is 2. The van der Waals surface area contributed by atoms with Crippen molar-refractivity contribution >= 4 is 27.5 Å². The van der Waals surface area contributed by atoms with E-state index in [-0.39, 0.29) is 25.2 Å². The predicted octanol–water partition coefficient (Wildman–Crippen LogP) is 2.43. The van der Waals surface area contributed by atoms with Crippen molar-refractivity contribution in [1.82, 2.24) is 25.0 Å². The normalized spacial score (nSPS) is 17.4. The second kappa shape index (κ2) is 9.44. The molecule has 166 valence electrons. The fourth-order valence-corrected chi connectivity index (χ4v) is 5.32. The van der Waals surface area contributed by atoms with Gasteiger partial charge in [-0.2, -0.15) is 5.10 Å². The van der Waals surface area contributed by atoms with Crippen LogP contribution in [0.4, 0.5) is 0 Å². The summed E-state index contributed by atoms with van der Waals surface area (Å²) in [6, 6.07) is 3.89. The molecule has 9 heteroatoms. The fraction of sp³-hybridized carbons (Fsp3) is 0.500. The number of carbonyl (C=O) groups excluding carboxylic acids is 1. The van der Waals surface area contributed by atoms with Crippen molar-refractivity contribution in [2.75, 3.05) is 32.8 Å². The lowest BCUT2D eigenvalue weighted by Crippen LogP contribution is -2.38. The number of carbonyl (C=O) groups is 1. The molecule has 0 saturated carbocycles. The third-order valence-electron chi connectivity index (χ3n) is 5.79. The first-order chi connectivity index (χ1) is 15.0. The minimum absolute atomic E-state index is 0.0952. The molecular formula is C22H29N5O3S. The van der Waals surface area contributed by atoms with Crippen LogP contribution in [0.1, 0.15) is 45.2 Å². The minimum atomic E-state index is -0.219. The summed E-state index contributed by atoms with van der Waals surface area (Å²) in [5.41, 5.74) is 4.43. The number of pyridine rings is 1. The summed E-state index contributed by atoms with van der Waals surface area (Å²) in [5.74, 6) is -0.191. The van der Waals surface area contributed by atoms with E-state index in [0.717, 1.165) is 41.1 Å². The predicted molar refractivity (Wildman–Crippen MR) is 120 cm³/mol. The Morgan fingerprint density at radius 1 is 1.42 bits per heavy atom. The highest BCUT2D eigenvalue weighted by molar-refractivity contribution is 7.20. The van der Waals surface area contributed by atoms with Gasteiger partial charge in [-0.05, 0) is 26.8 Å². The molecule has 4 rings (SSSR count). The van der Waals surface area contributed by atoms with Gasteiger partial charge in [0, 0.05) is 61.1 Å². The number of hydrogen-bond acceptors (Lipinski definition) is 7. The molecule has 3 aromatic rings. The molecule has 31 heavy (non-hydrogen) atoms. The molecule has 0 radical (unpaired) electrons. The highest BCUT2D eigenvalue weighted by atomic mass is 32.1. The van der Waals surface area contributed by atoms with E-state index in [9.17, 15) is 4.79 Å². The maximum absolute atomic E-state index is 12.8. The van der Waals surface area contributed by atoms with E-state index in [2.05, 4.69) is 41.1 Å². The van der Waals surface area contributed by atoms with E-state index >= 15 is 0 Å². The molecule has 1 amide bonds. The number of aliphatic hydroxyl groups is 1. The zero-order valence-corrected chi connectivity index (χ0v) is 19.0. The Bertz CT molecular complexity index is 1080. The van der Waals surface area contributed by atoms with E-state index in [1.165, 1.54) is 22.6 Å². The van der Waals surface area contributed by atoms with Crippen molar-refractivity contribution in [3.63, 3.8) is 0 Å². The number of nitrogens with zero attached hydrogens (tertiary/aromatic N) is 4. The van der Waals surface area contributed by atoms with Crippen molar-refractivity contribution < 1.29 is 14.6 Å². The van der Waals surface area contributed by atoms with Crippen LogP contribution in [-0.2, 0) is 17.8 Å². The minimum Gasteiger partial charge on any atom is -0.395 e. The Labute approximate surface area is 185 Å². The maximum atomic E-state index is 12.8. The average molecular weight is 444 g/mol. The lowest BCUT2D eigenvalue weighted by molar-refractivity contribution is -0.0324. The standard InChI is InChI=1S/C22H29N5O3S/c1-4-27-15(3)17(14(2)25-27)12-26-9-11-30-18(13-26)19-16-6-5-7-24-22(16)31-20(19)21(29)23-8-10-28/h5-7,18,28H,4,8-13H2,1-3H3,(H,23,29)/t18-/m0/s1. The van der Waals surface area contributed by atoms with Gasteiger partial charge in [-0.3, -0.25) is 14.4 Å². The Morgan fingerprint density at radius 3 is 3.00 bits per heavy atom. The number of thiophene rings is 1. The van der Waals surface area contributed by atoms with Crippen LogP contribution in [0.5, 0.6) is 0 Å². The number of aliphatic hydroxyl groups excluding tert-OH is 1. The van der Waals surface area contributed by atoms with E-state index in [1.54, 1.807) is 6.20 Å². The van der Waals surface area contributed by atoms with Crippen LogP contribution in [0.25, 0.3) is 10.2 Å². The Hall–Kier alpha value is -2.33. The zero-order valence-electron chi connectivity index (χ0n) is 18.2. The van der Waals surface area contributed by atoms with Gasteiger partial charge in [0.1, 0.15) is 9.71 Å². The van der Waals surface area contributed by atoms with Crippen LogP contribution in [0.15, 0.2) is 18.3 Å². The first-order valence-corrected chi connectivity index (χ1v) is 11.5. The van der Waals surface area contributed by atoms with Gasteiger partial charge in [-0.15, -0.1) is 11.3 Å². The summed E-state index contributed by atoms with van der Waals surface area (Å²) in [6.45, 7) is 10.2. The van der Waals surface area contributed by atoms with Crippen molar-refractivity contribution in [3.05, 3.63) is 45.7 Å². The van der Waals surface area contributed by atoms with E-state index < -0.39 is 0 Å². The topological polar surface area (TPSA) is 92.5 Å². The molecule has 1 fully saturated rings. The summed E-state index contributed by atoms with van der Waals surface area (Å²) in [6.07, 6.45) is 1.52. The SMILES string of the molecule is CCn1nc(C)c(CN2CCO[C@H](c3c(C(=O)NCCO)sc4ncccc34)C2)c1C. The fourth-order valence-electron chi connectivity index (χ4n) is 4.20. The van der Waals surface area contributed by atoms with E-state index in [0.29, 0.717) is 18.0 Å². The zero-order chi connectivity index (χ0) is 22.0. The first kappa shape index (κ1) is 21.9. The molecule has 1 saturated heterocycles. The van der Waals surface area contributed by atoms with Gasteiger partial charge in [0.2, 0.25) is 0 Å². The van der Waals surface area contributed by atoms with Crippen LogP contribution in [0, 0.1) is 13.8 Å².